The normalized spacial score (nSPS) is 32.7. The van der Waals surface area contributed by atoms with Crippen molar-refractivity contribution in [2.45, 2.75) is 37.9 Å². The van der Waals surface area contributed by atoms with Crippen LogP contribution in [-0.2, 0) is 0 Å². The number of hydrogen-bond acceptors (Lipinski definition) is 1. The Bertz CT molecular complexity index is 428. The van der Waals surface area contributed by atoms with E-state index in [0.29, 0.717) is 24.0 Å². The molecule has 1 saturated heterocycles. The van der Waals surface area contributed by atoms with Crippen LogP contribution >= 0.6 is 11.6 Å². The van der Waals surface area contributed by atoms with Gasteiger partial charge in [-0.3, -0.25) is 4.90 Å². The van der Waals surface area contributed by atoms with Gasteiger partial charge in [-0.25, -0.2) is 0 Å². The lowest BCUT2D eigenvalue weighted by Crippen LogP contribution is -2.54. The summed E-state index contributed by atoms with van der Waals surface area (Å²) in [6.07, 6.45) is 7.36. The second-order valence-corrected chi connectivity index (χ2v) is 5.76. The fraction of sp³-hybridized carbons (Fsp3) is 0.500. The van der Waals surface area contributed by atoms with Crippen LogP contribution in [0.25, 0.3) is 0 Å². The van der Waals surface area contributed by atoms with Crippen molar-refractivity contribution >= 4 is 11.6 Å². The van der Waals surface area contributed by atoms with Crippen molar-refractivity contribution in [3.05, 3.63) is 48.0 Å². The van der Waals surface area contributed by atoms with E-state index in [-0.39, 0.29) is 0 Å². The molecule has 0 spiro atoms. The second kappa shape index (κ2) is 5.07. The number of hydrogen-bond donors (Lipinski definition) is 0. The third kappa shape index (κ3) is 2.00. The van der Waals surface area contributed by atoms with Crippen molar-refractivity contribution in [2.75, 3.05) is 5.88 Å². The number of rotatable bonds is 3. The first-order chi connectivity index (χ1) is 8.81. The van der Waals surface area contributed by atoms with Gasteiger partial charge in [0.1, 0.15) is 0 Å². The molecule has 3 aliphatic rings. The molecule has 0 N–H and O–H groups in total. The molecule has 96 valence electrons. The van der Waals surface area contributed by atoms with Crippen LogP contribution in [0.5, 0.6) is 0 Å². The highest BCUT2D eigenvalue weighted by molar-refractivity contribution is 6.18. The fourth-order valence-electron chi connectivity index (χ4n) is 3.53. The van der Waals surface area contributed by atoms with Crippen molar-refractivity contribution in [3.63, 3.8) is 0 Å². The topological polar surface area (TPSA) is 3.24 Å². The summed E-state index contributed by atoms with van der Waals surface area (Å²) < 4.78 is 0. The molecule has 0 aromatic heterocycles. The first-order valence-electron chi connectivity index (χ1n) is 6.88. The quantitative estimate of drug-likeness (QED) is 0.587. The third-order valence-corrected chi connectivity index (χ3v) is 4.84. The zero-order valence-electron chi connectivity index (χ0n) is 10.8. The van der Waals surface area contributed by atoms with E-state index in [9.17, 15) is 0 Å². The minimum absolute atomic E-state index is 0.452. The Labute approximate surface area is 114 Å². The first kappa shape index (κ1) is 12.3. The number of alkyl halides is 1. The smallest absolute Gasteiger partial charge is 0.0385 e. The Hall–Kier alpha value is -0.790. The van der Waals surface area contributed by atoms with Crippen LogP contribution in [0.4, 0.5) is 0 Å². The van der Waals surface area contributed by atoms with Gasteiger partial charge in [-0.05, 0) is 31.2 Å². The van der Waals surface area contributed by atoms with Crippen LogP contribution in [0, 0.1) is 5.92 Å². The molecule has 0 radical (unpaired) electrons. The first-order valence-corrected chi connectivity index (χ1v) is 7.41. The lowest BCUT2D eigenvalue weighted by Gasteiger charge is -2.50. The monoisotopic (exact) mass is 261 g/mol. The van der Waals surface area contributed by atoms with Gasteiger partial charge in [-0.2, -0.15) is 0 Å². The van der Waals surface area contributed by atoms with Crippen molar-refractivity contribution in [3.8, 4) is 0 Å². The lowest BCUT2D eigenvalue weighted by atomic mass is 9.79. The molecule has 1 unspecified atom stereocenters. The Morgan fingerprint density at radius 1 is 1.22 bits per heavy atom. The van der Waals surface area contributed by atoms with Gasteiger partial charge < -0.3 is 0 Å². The summed E-state index contributed by atoms with van der Waals surface area (Å²) in [7, 11) is 0. The SMILES string of the molecule is CC(c1ccccc1)N1[C@@H]2C=C[C@@H](CC2)[C@H]1CCl. The summed E-state index contributed by atoms with van der Waals surface area (Å²) in [5, 5.41) is 0. The maximum atomic E-state index is 6.23. The molecule has 1 aromatic rings. The van der Waals surface area contributed by atoms with E-state index in [1.54, 1.807) is 0 Å². The van der Waals surface area contributed by atoms with Crippen LogP contribution in [0.1, 0.15) is 31.4 Å². The second-order valence-electron chi connectivity index (χ2n) is 5.45. The van der Waals surface area contributed by atoms with E-state index in [1.165, 1.54) is 18.4 Å². The van der Waals surface area contributed by atoms with Gasteiger partial charge in [0.15, 0.2) is 0 Å². The molecule has 1 aliphatic carbocycles. The number of halogens is 1. The highest BCUT2D eigenvalue weighted by Crippen LogP contribution is 2.40. The number of benzene rings is 1. The lowest BCUT2D eigenvalue weighted by molar-refractivity contribution is 0.0407. The molecule has 2 heterocycles. The fourth-order valence-corrected chi connectivity index (χ4v) is 3.92. The molecular weight excluding hydrogens is 242 g/mol. The highest BCUT2D eigenvalue weighted by Gasteiger charge is 2.40. The standard InChI is InChI=1S/C16H20ClN/c1-12(13-5-3-2-4-6-13)18-15-9-7-14(8-10-15)16(18)11-17/h2-7,9,12,14-16H,8,10-11H2,1H3/t12?,14-,15+,16+/m0/s1. The van der Waals surface area contributed by atoms with Crippen molar-refractivity contribution in [1.29, 1.82) is 0 Å². The summed E-state index contributed by atoms with van der Waals surface area (Å²) in [5.74, 6) is 1.39. The summed E-state index contributed by atoms with van der Waals surface area (Å²) in [6, 6.07) is 12.3. The molecule has 18 heavy (non-hydrogen) atoms. The molecule has 0 saturated carbocycles. The predicted molar refractivity (Wildman–Crippen MR) is 76.9 cm³/mol. The molecule has 2 heteroatoms. The predicted octanol–water partition coefficient (Wildman–Crippen LogP) is 4.01. The molecule has 4 atom stereocenters. The molecule has 2 aliphatic heterocycles. The summed E-state index contributed by atoms with van der Waals surface area (Å²) in [5.41, 5.74) is 1.40. The van der Waals surface area contributed by atoms with Gasteiger partial charge in [0, 0.05) is 24.0 Å². The van der Waals surface area contributed by atoms with Gasteiger partial charge in [-0.1, -0.05) is 42.5 Å². The summed E-state index contributed by atoms with van der Waals surface area (Å²) >= 11 is 6.23. The minimum Gasteiger partial charge on any atom is -0.285 e. The Morgan fingerprint density at radius 3 is 2.61 bits per heavy atom. The Balaban J connectivity index is 1.89. The van der Waals surface area contributed by atoms with E-state index < -0.39 is 0 Å². The third-order valence-electron chi connectivity index (χ3n) is 4.52. The van der Waals surface area contributed by atoms with Gasteiger partial charge >= 0.3 is 0 Å². The molecule has 2 bridgehead atoms. The van der Waals surface area contributed by atoms with Gasteiger partial charge in [0.2, 0.25) is 0 Å². The van der Waals surface area contributed by atoms with E-state index in [4.69, 9.17) is 11.6 Å². The molecule has 1 fully saturated rings. The van der Waals surface area contributed by atoms with Crippen LogP contribution in [0.2, 0.25) is 0 Å². The highest BCUT2D eigenvalue weighted by atomic mass is 35.5. The number of fused-ring (bicyclic) bond motifs is 2. The zero-order valence-corrected chi connectivity index (χ0v) is 11.6. The number of piperidine rings is 1. The number of nitrogens with zero attached hydrogens (tertiary/aromatic N) is 1. The Morgan fingerprint density at radius 2 is 2.00 bits per heavy atom. The van der Waals surface area contributed by atoms with E-state index >= 15 is 0 Å². The van der Waals surface area contributed by atoms with Crippen LogP contribution in [0.15, 0.2) is 42.5 Å². The van der Waals surface area contributed by atoms with Gasteiger partial charge in [-0.15, -0.1) is 11.6 Å². The van der Waals surface area contributed by atoms with Crippen molar-refractivity contribution < 1.29 is 0 Å². The summed E-state index contributed by atoms with van der Waals surface area (Å²) in [6.45, 7) is 2.31. The molecule has 0 amide bonds. The molecular formula is C16H20ClN. The molecule has 4 rings (SSSR count). The van der Waals surface area contributed by atoms with Crippen molar-refractivity contribution in [1.82, 2.24) is 4.90 Å². The van der Waals surface area contributed by atoms with Crippen LogP contribution < -0.4 is 0 Å². The van der Waals surface area contributed by atoms with E-state index in [1.807, 2.05) is 0 Å². The maximum Gasteiger partial charge on any atom is 0.0385 e. The van der Waals surface area contributed by atoms with E-state index in [2.05, 4.69) is 54.3 Å². The van der Waals surface area contributed by atoms with Crippen molar-refractivity contribution in [2.24, 2.45) is 5.92 Å². The molecule has 1 nitrogen and oxygen atoms in total. The average molecular weight is 262 g/mol. The van der Waals surface area contributed by atoms with Gasteiger partial charge in [0.25, 0.3) is 0 Å². The van der Waals surface area contributed by atoms with Crippen LogP contribution in [0.3, 0.4) is 0 Å². The summed E-state index contributed by atoms with van der Waals surface area (Å²) in [4.78, 5) is 2.62. The van der Waals surface area contributed by atoms with E-state index in [0.717, 1.165) is 5.88 Å². The largest absolute Gasteiger partial charge is 0.285 e. The zero-order chi connectivity index (χ0) is 12.5. The maximum absolute atomic E-state index is 6.23. The Kier molecular flexibility index (Phi) is 3.45. The van der Waals surface area contributed by atoms with Gasteiger partial charge in [0.05, 0.1) is 0 Å². The average Bonchev–Trinajstić information content (AvgIpc) is 2.47. The minimum atomic E-state index is 0.452. The van der Waals surface area contributed by atoms with Crippen LogP contribution in [-0.4, -0.2) is 22.9 Å². The molecule has 1 aromatic carbocycles.